The van der Waals surface area contributed by atoms with Crippen LogP contribution in [0.25, 0.3) is 0 Å². The summed E-state index contributed by atoms with van der Waals surface area (Å²) in [6, 6.07) is 3.66. The van der Waals surface area contributed by atoms with Crippen LogP contribution in [0.1, 0.15) is 35.9 Å². The van der Waals surface area contributed by atoms with Gasteiger partial charge >= 0.3 is 0 Å². The van der Waals surface area contributed by atoms with Crippen LogP contribution in [0.3, 0.4) is 0 Å². The number of fused-ring (bicyclic) bond motifs is 1. The van der Waals surface area contributed by atoms with Gasteiger partial charge in [-0.2, -0.15) is 0 Å². The van der Waals surface area contributed by atoms with Crippen LogP contribution in [0.2, 0.25) is 0 Å². The van der Waals surface area contributed by atoms with Gasteiger partial charge in [0, 0.05) is 25.7 Å². The van der Waals surface area contributed by atoms with Crippen LogP contribution in [-0.2, 0) is 4.79 Å². The molecule has 0 radical (unpaired) electrons. The highest BCUT2D eigenvalue weighted by molar-refractivity contribution is 7.12. The monoisotopic (exact) mass is 321 g/mol. The smallest absolute Gasteiger partial charge is 0.261 e. The van der Waals surface area contributed by atoms with Crippen LogP contribution in [-0.4, -0.2) is 59.9 Å². The van der Waals surface area contributed by atoms with E-state index >= 15 is 0 Å². The van der Waals surface area contributed by atoms with Crippen LogP contribution in [0.5, 0.6) is 0 Å². The zero-order valence-electron chi connectivity index (χ0n) is 13.0. The fraction of sp³-hybridized carbons (Fsp3) is 0.625. The molecule has 2 aliphatic heterocycles. The molecule has 120 valence electrons. The number of piperazine rings is 1. The molecule has 0 bridgehead atoms. The third-order valence-corrected chi connectivity index (χ3v) is 5.48. The maximum atomic E-state index is 12.6. The second-order valence-corrected chi connectivity index (χ2v) is 7.09. The average Bonchev–Trinajstić information content (AvgIpc) is 3.08. The lowest BCUT2D eigenvalue weighted by molar-refractivity contribution is -0.136. The van der Waals surface area contributed by atoms with Gasteiger partial charge in [0.1, 0.15) is 6.04 Å². The summed E-state index contributed by atoms with van der Waals surface area (Å²) in [6.07, 6.45) is 3.71. The highest BCUT2D eigenvalue weighted by Gasteiger charge is 2.32. The third-order valence-electron chi connectivity index (χ3n) is 4.61. The molecule has 1 aromatic heterocycles. The molecule has 0 spiro atoms. The third kappa shape index (κ3) is 3.33. The van der Waals surface area contributed by atoms with Crippen molar-refractivity contribution in [3.05, 3.63) is 22.4 Å². The van der Waals surface area contributed by atoms with Gasteiger partial charge in [0.05, 0.1) is 4.88 Å². The molecule has 1 N–H and O–H groups in total. The van der Waals surface area contributed by atoms with E-state index in [4.69, 9.17) is 0 Å². The van der Waals surface area contributed by atoms with E-state index in [-0.39, 0.29) is 11.8 Å². The van der Waals surface area contributed by atoms with Gasteiger partial charge in [-0.25, -0.2) is 0 Å². The summed E-state index contributed by atoms with van der Waals surface area (Å²) in [7, 11) is 0. The van der Waals surface area contributed by atoms with E-state index in [1.807, 2.05) is 16.3 Å². The molecule has 2 fully saturated rings. The van der Waals surface area contributed by atoms with Gasteiger partial charge in [0.15, 0.2) is 0 Å². The van der Waals surface area contributed by atoms with Crippen molar-refractivity contribution in [3.63, 3.8) is 0 Å². The first-order valence-corrected chi connectivity index (χ1v) is 8.90. The molecule has 2 saturated heterocycles. The summed E-state index contributed by atoms with van der Waals surface area (Å²) in [5.41, 5.74) is 0. The van der Waals surface area contributed by atoms with Gasteiger partial charge in [-0.1, -0.05) is 12.5 Å². The van der Waals surface area contributed by atoms with Crippen molar-refractivity contribution in [1.82, 2.24) is 15.1 Å². The predicted octanol–water partition coefficient (Wildman–Crippen LogP) is 1.56. The second-order valence-electron chi connectivity index (χ2n) is 6.14. The van der Waals surface area contributed by atoms with Crippen LogP contribution < -0.4 is 5.32 Å². The number of rotatable bonds is 3. The lowest BCUT2D eigenvalue weighted by Crippen LogP contribution is -2.59. The molecule has 22 heavy (non-hydrogen) atoms. The summed E-state index contributed by atoms with van der Waals surface area (Å²) < 4.78 is 0. The second kappa shape index (κ2) is 6.79. The molecule has 5 nitrogen and oxygen atoms in total. The van der Waals surface area contributed by atoms with E-state index in [0.29, 0.717) is 10.9 Å². The Kier molecular flexibility index (Phi) is 4.78. The number of nitrogens with one attached hydrogen (secondary N) is 1. The molecule has 0 aliphatic carbocycles. The van der Waals surface area contributed by atoms with Crippen LogP contribution >= 0.6 is 11.3 Å². The molecular formula is C16H23N3O2S. The molecule has 1 aromatic rings. The Morgan fingerprint density at radius 2 is 2.18 bits per heavy atom. The Hall–Kier alpha value is -1.40. The largest absolute Gasteiger partial charge is 0.340 e. The van der Waals surface area contributed by atoms with Gasteiger partial charge in [0.2, 0.25) is 5.91 Å². The van der Waals surface area contributed by atoms with E-state index in [0.717, 1.165) is 26.2 Å². The summed E-state index contributed by atoms with van der Waals surface area (Å²) >= 11 is 1.39. The number of hydrogen-bond acceptors (Lipinski definition) is 4. The van der Waals surface area contributed by atoms with Crippen molar-refractivity contribution in [2.45, 2.75) is 38.3 Å². The Labute approximate surface area is 135 Å². The van der Waals surface area contributed by atoms with Gasteiger partial charge in [-0.05, 0) is 37.8 Å². The standard InChI is InChI=1S/C16H23N3O2S/c1-12(17-15(20)14-6-4-10-22-14)16(21)19-9-8-18-7-3-2-5-13(18)11-19/h4,6,10,12-13H,2-3,5,7-9,11H2,1H3,(H,17,20). The van der Waals surface area contributed by atoms with Gasteiger partial charge in [-0.3, -0.25) is 14.5 Å². The average molecular weight is 321 g/mol. The van der Waals surface area contributed by atoms with E-state index < -0.39 is 6.04 Å². The normalized spacial score (nSPS) is 23.7. The molecular weight excluding hydrogens is 298 g/mol. The van der Waals surface area contributed by atoms with Crippen LogP contribution in [0.4, 0.5) is 0 Å². The van der Waals surface area contributed by atoms with Crippen molar-refractivity contribution < 1.29 is 9.59 Å². The SMILES string of the molecule is CC(NC(=O)c1cccs1)C(=O)N1CCN2CCCCC2C1. The molecule has 2 aliphatic rings. The zero-order valence-corrected chi connectivity index (χ0v) is 13.8. The number of hydrogen-bond donors (Lipinski definition) is 1. The number of carbonyl (C=O) groups is 2. The van der Waals surface area contributed by atoms with Gasteiger partial charge in [-0.15, -0.1) is 11.3 Å². The fourth-order valence-corrected chi connectivity index (χ4v) is 3.99. The van der Waals surface area contributed by atoms with E-state index in [9.17, 15) is 9.59 Å². The Balaban J connectivity index is 1.55. The maximum absolute atomic E-state index is 12.6. The molecule has 2 unspecified atom stereocenters. The van der Waals surface area contributed by atoms with Crippen LogP contribution in [0, 0.1) is 0 Å². The molecule has 2 atom stereocenters. The molecule has 3 heterocycles. The van der Waals surface area contributed by atoms with Crippen molar-refractivity contribution in [2.75, 3.05) is 26.2 Å². The summed E-state index contributed by atoms with van der Waals surface area (Å²) in [6.45, 7) is 5.48. The lowest BCUT2D eigenvalue weighted by Gasteiger charge is -2.44. The number of nitrogens with zero attached hydrogens (tertiary/aromatic N) is 2. The Morgan fingerprint density at radius 3 is 2.95 bits per heavy atom. The van der Waals surface area contributed by atoms with Crippen molar-refractivity contribution in [1.29, 1.82) is 0 Å². The van der Waals surface area contributed by atoms with Crippen LogP contribution in [0.15, 0.2) is 17.5 Å². The van der Waals surface area contributed by atoms with Crippen molar-refractivity contribution >= 4 is 23.2 Å². The Morgan fingerprint density at radius 1 is 1.32 bits per heavy atom. The molecule has 0 aromatic carbocycles. The highest BCUT2D eigenvalue weighted by Crippen LogP contribution is 2.21. The first-order chi connectivity index (χ1) is 10.6. The summed E-state index contributed by atoms with van der Waals surface area (Å²) in [4.78, 5) is 29.7. The lowest BCUT2D eigenvalue weighted by atomic mass is 9.99. The van der Waals surface area contributed by atoms with E-state index in [1.165, 1.54) is 30.6 Å². The van der Waals surface area contributed by atoms with Crippen molar-refractivity contribution in [3.8, 4) is 0 Å². The van der Waals surface area contributed by atoms with E-state index in [1.54, 1.807) is 13.0 Å². The Bertz CT molecular complexity index is 532. The van der Waals surface area contributed by atoms with E-state index in [2.05, 4.69) is 10.2 Å². The topological polar surface area (TPSA) is 52.7 Å². The molecule has 2 amide bonds. The quantitative estimate of drug-likeness (QED) is 0.919. The van der Waals surface area contributed by atoms with Gasteiger partial charge < -0.3 is 10.2 Å². The number of amides is 2. The maximum Gasteiger partial charge on any atom is 0.261 e. The number of thiophene rings is 1. The minimum Gasteiger partial charge on any atom is -0.340 e. The minimum absolute atomic E-state index is 0.0372. The first kappa shape index (κ1) is 15.5. The molecule has 6 heteroatoms. The van der Waals surface area contributed by atoms with Gasteiger partial charge in [0.25, 0.3) is 5.91 Å². The minimum atomic E-state index is -0.468. The molecule has 0 saturated carbocycles. The highest BCUT2D eigenvalue weighted by atomic mass is 32.1. The fourth-order valence-electron chi connectivity index (χ4n) is 3.37. The first-order valence-electron chi connectivity index (χ1n) is 8.02. The zero-order chi connectivity index (χ0) is 15.5. The predicted molar refractivity (Wildman–Crippen MR) is 87.0 cm³/mol. The number of piperidine rings is 1. The number of carbonyl (C=O) groups excluding carboxylic acids is 2. The molecule has 3 rings (SSSR count). The summed E-state index contributed by atoms with van der Waals surface area (Å²) in [5.74, 6) is -0.123. The summed E-state index contributed by atoms with van der Waals surface area (Å²) in [5, 5.41) is 4.68. The van der Waals surface area contributed by atoms with Crippen molar-refractivity contribution in [2.24, 2.45) is 0 Å².